The van der Waals surface area contributed by atoms with Gasteiger partial charge in [-0.25, -0.2) is 13.9 Å². The van der Waals surface area contributed by atoms with Crippen molar-refractivity contribution in [2.75, 3.05) is 26.2 Å². The summed E-state index contributed by atoms with van der Waals surface area (Å²) in [5.74, 6) is -0.291. The van der Waals surface area contributed by atoms with Crippen LogP contribution in [-0.2, 0) is 17.8 Å². The number of carbonyl (C=O) groups is 1. The Labute approximate surface area is 233 Å². The van der Waals surface area contributed by atoms with Gasteiger partial charge in [-0.05, 0) is 75.2 Å². The first kappa shape index (κ1) is 28.5. The first-order valence-electron chi connectivity index (χ1n) is 13.0. The van der Waals surface area contributed by atoms with Crippen LogP contribution in [-0.4, -0.2) is 57.5 Å². The lowest BCUT2D eigenvalue weighted by Gasteiger charge is -2.35. The molecule has 1 aliphatic heterocycles. The third-order valence-corrected chi connectivity index (χ3v) is 6.63. The summed E-state index contributed by atoms with van der Waals surface area (Å²) >= 11 is 5.97. The van der Waals surface area contributed by atoms with Crippen LogP contribution in [0.2, 0.25) is 5.02 Å². The van der Waals surface area contributed by atoms with Crippen molar-refractivity contribution in [2.45, 2.75) is 46.4 Å². The second-order valence-electron chi connectivity index (χ2n) is 10.7. The molecule has 9 heteroatoms. The average Bonchev–Trinajstić information content (AvgIpc) is 2.88. The first-order chi connectivity index (χ1) is 18.5. The number of rotatable bonds is 6. The number of ether oxygens (including phenoxy) is 1. The zero-order valence-electron chi connectivity index (χ0n) is 22.8. The van der Waals surface area contributed by atoms with Gasteiger partial charge in [-0.1, -0.05) is 35.9 Å². The van der Waals surface area contributed by atoms with E-state index < -0.39 is 5.60 Å². The first-order valence-corrected chi connectivity index (χ1v) is 13.4. The summed E-state index contributed by atoms with van der Waals surface area (Å²) in [5.41, 5.74) is 2.66. The monoisotopic (exact) mass is 552 g/mol. The lowest BCUT2D eigenvalue weighted by molar-refractivity contribution is 0.0138. The van der Waals surface area contributed by atoms with Crippen molar-refractivity contribution >= 4 is 23.8 Å². The highest BCUT2D eigenvalue weighted by Gasteiger charge is 2.26. The van der Waals surface area contributed by atoms with Crippen molar-refractivity contribution < 1.29 is 13.9 Å². The summed E-state index contributed by atoms with van der Waals surface area (Å²) in [6.07, 6.45) is 3.46. The lowest BCUT2D eigenvalue weighted by Crippen LogP contribution is -2.50. The fourth-order valence-corrected chi connectivity index (χ4v) is 4.42. The van der Waals surface area contributed by atoms with Gasteiger partial charge in [0, 0.05) is 48.9 Å². The molecule has 39 heavy (non-hydrogen) atoms. The van der Waals surface area contributed by atoms with E-state index in [0.29, 0.717) is 54.6 Å². The summed E-state index contributed by atoms with van der Waals surface area (Å²) in [6.45, 7) is 10.2. The topological polar surface area (TPSA) is 67.7 Å². The SMILES string of the molecule is Cc1cc(-c2cc(CN3CCN(C(=O)OC(C)(C)C)CC3)c(=O)n(CC=Cc3ccc(Cl)cc3)n2)ccc1F. The molecule has 1 aromatic heterocycles. The molecule has 7 nitrogen and oxygen atoms in total. The number of aryl methyl sites for hydroxylation is 1. The van der Waals surface area contributed by atoms with E-state index in [2.05, 4.69) is 10.00 Å². The van der Waals surface area contributed by atoms with Crippen LogP contribution in [0.25, 0.3) is 17.3 Å². The van der Waals surface area contributed by atoms with Crippen molar-refractivity contribution in [2.24, 2.45) is 0 Å². The quantitative estimate of drug-likeness (QED) is 0.388. The smallest absolute Gasteiger partial charge is 0.410 e. The number of hydrogen-bond acceptors (Lipinski definition) is 5. The molecule has 0 spiro atoms. The number of aromatic nitrogens is 2. The molecule has 0 unspecified atom stereocenters. The maximum Gasteiger partial charge on any atom is 0.410 e. The third-order valence-electron chi connectivity index (χ3n) is 6.38. The van der Waals surface area contributed by atoms with E-state index in [1.54, 1.807) is 30.0 Å². The van der Waals surface area contributed by atoms with Crippen molar-refractivity contribution in [3.8, 4) is 11.3 Å². The van der Waals surface area contributed by atoms with Gasteiger partial charge >= 0.3 is 6.09 Å². The van der Waals surface area contributed by atoms with Crippen LogP contribution in [0.4, 0.5) is 9.18 Å². The predicted molar refractivity (Wildman–Crippen MR) is 152 cm³/mol. The Morgan fingerprint density at radius 2 is 1.77 bits per heavy atom. The van der Waals surface area contributed by atoms with Crippen LogP contribution in [0, 0.1) is 12.7 Å². The van der Waals surface area contributed by atoms with Gasteiger partial charge in [-0.2, -0.15) is 5.10 Å². The molecule has 206 valence electrons. The zero-order valence-corrected chi connectivity index (χ0v) is 23.5. The molecule has 0 N–H and O–H groups in total. The van der Waals surface area contributed by atoms with Crippen molar-refractivity contribution in [3.63, 3.8) is 0 Å². The number of carbonyl (C=O) groups excluding carboxylic acids is 1. The molecule has 1 aliphatic rings. The Kier molecular flexibility index (Phi) is 8.87. The zero-order chi connectivity index (χ0) is 28.2. The van der Waals surface area contributed by atoms with Crippen LogP contribution >= 0.6 is 11.6 Å². The van der Waals surface area contributed by atoms with E-state index in [-0.39, 0.29) is 24.0 Å². The van der Waals surface area contributed by atoms with Gasteiger partial charge in [0.25, 0.3) is 5.56 Å². The standard InChI is InChI=1S/C30H34ClFN4O3/c1-21-18-23(9-12-26(21)32)27-19-24(20-34-14-16-35(17-15-34)29(38)39-30(2,3)4)28(37)36(33-27)13-5-6-22-7-10-25(31)11-8-22/h5-12,18-19H,13-17,20H2,1-4H3. The molecule has 0 aliphatic carbocycles. The predicted octanol–water partition coefficient (Wildman–Crippen LogP) is 5.78. The maximum atomic E-state index is 13.9. The number of piperazine rings is 1. The fraction of sp³-hybridized carbons (Fsp3) is 0.367. The Balaban J connectivity index is 1.55. The Bertz CT molecular complexity index is 1410. The van der Waals surface area contributed by atoms with E-state index in [4.69, 9.17) is 16.3 Å². The third kappa shape index (κ3) is 7.77. The van der Waals surface area contributed by atoms with Crippen LogP contribution < -0.4 is 5.56 Å². The number of allylic oxidation sites excluding steroid dienone is 1. The van der Waals surface area contributed by atoms with Crippen LogP contribution in [0.5, 0.6) is 0 Å². The molecule has 1 fully saturated rings. The highest BCUT2D eigenvalue weighted by molar-refractivity contribution is 6.30. The van der Waals surface area contributed by atoms with Crippen LogP contribution in [0.1, 0.15) is 37.5 Å². The summed E-state index contributed by atoms with van der Waals surface area (Å²) in [7, 11) is 0. The second kappa shape index (κ2) is 12.1. The molecule has 1 amide bonds. The number of amides is 1. The van der Waals surface area contributed by atoms with Crippen molar-refractivity contribution in [1.82, 2.24) is 19.6 Å². The minimum Gasteiger partial charge on any atom is -0.444 e. The molecular weight excluding hydrogens is 519 g/mol. The Morgan fingerprint density at radius 1 is 1.08 bits per heavy atom. The van der Waals surface area contributed by atoms with Gasteiger partial charge < -0.3 is 9.64 Å². The lowest BCUT2D eigenvalue weighted by atomic mass is 10.1. The van der Waals surface area contributed by atoms with Crippen LogP contribution in [0.3, 0.4) is 0 Å². The number of benzene rings is 2. The summed E-state index contributed by atoms with van der Waals surface area (Å²) in [6, 6.07) is 14.0. The van der Waals surface area contributed by atoms with Crippen molar-refractivity contribution in [3.05, 3.63) is 92.5 Å². The van der Waals surface area contributed by atoms with Gasteiger partial charge in [0.15, 0.2) is 0 Å². The van der Waals surface area contributed by atoms with Crippen molar-refractivity contribution in [1.29, 1.82) is 0 Å². The van der Waals surface area contributed by atoms with E-state index in [1.807, 2.05) is 57.2 Å². The van der Waals surface area contributed by atoms with Gasteiger partial charge in [-0.15, -0.1) is 0 Å². The van der Waals surface area contributed by atoms with Crippen LogP contribution in [0.15, 0.2) is 59.4 Å². The normalized spacial score (nSPS) is 14.7. The summed E-state index contributed by atoms with van der Waals surface area (Å²) in [5, 5.41) is 5.26. The Morgan fingerprint density at radius 3 is 2.41 bits per heavy atom. The largest absolute Gasteiger partial charge is 0.444 e. The fourth-order valence-electron chi connectivity index (χ4n) is 4.30. The number of nitrogens with zero attached hydrogens (tertiary/aromatic N) is 4. The highest BCUT2D eigenvalue weighted by Crippen LogP contribution is 2.21. The molecule has 0 atom stereocenters. The molecule has 2 heterocycles. The molecule has 0 radical (unpaired) electrons. The van der Waals surface area contributed by atoms with Gasteiger partial charge in [0.05, 0.1) is 12.2 Å². The Hall–Kier alpha value is -3.49. The average molecular weight is 553 g/mol. The van der Waals surface area contributed by atoms with E-state index in [9.17, 15) is 14.0 Å². The van der Waals surface area contributed by atoms with E-state index in [0.717, 1.165) is 11.1 Å². The minimum atomic E-state index is -0.548. The minimum absolute atomic E-state index is 0.187. The summed E-state index contributed by atoms with van der Waals surface area (Å²) < 4.78 is 20.9. The molecule has 1 saturated heterocycles. The molecular formula is C30H34ClFN4O3. The van der Waals surface area contributed by atoms with Gasteiger partial charge in [0.1, 0.15) is 11.4 Å². The molecule has 4 rings (SSSR count). The maximum absolute atomic E-state index is 13.9. The van der Waals surface area contributed by atoms with E-state index >= 15 is 0 Å². The second-order valence-corrected chi connectivity index (χ2v) is 11.1. The molecule has 0 bridgehead atoms. The molecule has 0 saturated carbocycles. The molecule has 2 aromatic carbocycles. The number of halogens is 2. The number of hydrogen-bond donors (Lipinski definition) is 0. The highest BCUT2D eigenvalue weighted by atomic mass is 35.5. The van der Waals surface area contributed by atoms with Gasteiger partial charge in [-0.3, -0.25) is 9.69 Å². The molecule has 3 aromatic rings. The van der Waals surface area contributed by atoms with Gasteiger partial charge in [0.2, 0.25) is 0 Å². The summed E-state index contributed by atoms with van der Waals surface area (Å²) in [4.78, 5) is 29.7. The van der Waals surface area contributed by atoms with E-state index in [1.165, 1.54) is 10.7 Å².